The number of rotatable bonds is 9. The van der Waals surface area contributed by atoms with Crippen molar-refractivity contribution in [3.05, 3.63) is 54.0 Å². The lowest BCUT2D eigenvalue weighted by Gasteiger charge is -2.34. The molecule has 1 aromatic carbocycles. The van der Waals surface area contributed by atoms with Gasteiger partial charge in [-0.1, -0.05) is 6.07 Å². The maximum Gasteiger partial charge on any atom is 0.254 e. The maximum atomic E-state index is 13.3. The van der Waals surface area contributed by atoms with E-state index in [4.69, 9.17) is 14.2 Å². The Kier molecular flexibility index (Phi) is 7.34. The highest BCUT2D eigenvalue weighted by atomic mass is 16.5. The molecule has 3 heterocycles. The first-order chi connectivity index (χ1) is 16.1. The summed E-state index contributed by atoms with van der Waals surface area (Å²) in [5.74, 6) is 1.62. The molecule has 0 atom stereocenters. The van der Waals surface area contributed by atoms with E-state index in [2.05, 4.69) is 14.3 Å². The molecule has 0 unspecified atom stereocenters. The molecular formula is C25H32N4O4. The summed E-state index contributed by atoms with van der Waals surface area (Å²) in [5, 5.41) is 0. The molecule has 1 aliphatic heterocycles. The third-order valence-corrected chi connectivity index (χ3v) is 5.69. The summed E-state index contributed by atoms with van der Waals surface area (Å²) in [6, 6.07) is 9.54. The second-order valence-electron chi connectivity index (χ2n) is 7.85. The first-order valence-electron chi connectivity index (χ1n) is 11.6. The van der Waals surface area contributed by atoms with Crippen molar-refractivity contribution in [3.8, 4) is 17.2 Å². The summed E-state index contributed by atoms with van der Waals surface area (Å²) >= 11 is 0. The molecule has 33 heavy (non-hydrogen) atoms. The van der Waals surface area contributed by atoms with Crippen LogP contribution in [-0.4, -0.2) is 71.1 Å². The highest BCUT2D eigenvalue weighted by molar-refractivity contribution is 5.95. The van der Waals surface area contributed by atoms with Gasteiger partial charge in [0.1, 0.15) is 5.65 Å². The SMILES string of the molecule is CCOc1cc(C(=O)N2CCN(Cc3cnc4ccccn34)CC2)cc(OCC)c1OCC. The van der Waals surface area contributed by atoms with Gasteiger partial charge < -0.3 is 23.5 Å². The van der Waals surface area contributed by atoms with E-state index in [1.165, 1.54) is 0 Å². The molecule has 0 N–H and O–H groups in total. The Morgan fingerprint density at radius 3 is 2.24 bits per heavy atom. The molecule has 0 aliphatic carbocycles. The molecule has 8 nitrogen and oxygen atoms in total. The van der Waals surface area contributed by atoms with Gasteiger partial charge in [0.15, 0.2) is 11.5 Å². The molecule has 0 saturated carbocycles. The van der Waals surface area contributed by atoms with Gasteiger partial charge in [0.2, 0.25) is 5.75 Å². The van der Waals surface area contributed by atoms with Gasteiger partial charge in [-0.3, -0.25) is 9.69 Å². The summed E-state index contributed by atoms with van der Waals surface area (Å²) in [5.41, 5.74) is 2.66. The third kappa shape index (κ3) is 5.06. The zero-order chi connectivity index (χ0) is 23.2. The van der Waals surface area contributed by atoms with Crippen molar-refractivity contribution in [1.29, 1.82) is 0 Å². The number of pyridine rings is 1. The number of ether oxygens (including phenoxy) is 3. The maximum absolute atomic E-state index is 13.3. The topological polar surface area (TPSA) is 68.5 Å². The van der Waals surface area contributed by atoms with Crippen LogP contribution < -0.4 is 14.2 Å². The lowest BCUT2D eigenvalue weighted by Crippen LogP contribution is -2.48. The van der Waals surface area contributed by atoms with E-state index in [1.807, 2.05) is 56.3 Å². The molecule has 2 aromatic heterocycles. The normalized spacial score (nSPS) is 14.5. The number of benzene rings is 1. The Bertz CT molecular complexity index is 1060. The smallest absolute Gasteiger partial charge is 0.254 e. The van der Waals surface area contributed by atoms with E-state index in [-0.39, 0.29) is 5.91 Å². The van der Waals surface area contributed by atoms with Gasteiger partial charge >= 0.3 is 0 Å². The molecule has 1 amide bonds. The number of fused-ring (bicyclic) bond motifs is 1. The van der Waals surface area contributed by atoms with Gasteiger partial charge in [-0.2, -0.15) is 0 Å². The van der Waals surface area contributed by atoms with E-state index >= 15 is 0 Å². The first kappa shape index (κ1) is 22.9. The number of piperazine rings is 1. The molecule has 1 fully saturated rings. The van der Waals surface area contributed by atoms with E-state index < -0.39 is 0 Å². The van der Waals surface area contributed by atoms with Crippen molar-refractivity contribution < 1.29 is 19.0 Å². The second kappa shape index (κ2) is 10.6. The first-order valence-corrected chi connectivity index (χ1v) is 11.6. The van der Waals surface area contributed by atoms with E-state index in [9.17, 15) is 4.79 Å². The van der Waals surface area contributed by atoms with Crippen LogP contribution in [0.15, 0.2) is 42.7 Å². The lowest BCUT2D eigenvalue weighted by molar-refractivity contribution is 0.0625. The van der Waals surface area contributed by atoms with Gasteiger partial charge in [0.05, 0.1) is 31.7 Å². The summed E-state index contributed by atoms with van der Waals surface area (Å²) in [4.78, 5) is 22.0. The van der Waals surface area contributed by atoms with Crippen LogP contribution in [0, 0.1) is 0 Å². The highest BCUT2D eigenvalue weighted by Gasteiger charge is 2.25. The van der Waals surface area contributed by atoms with Crippen LogP contribution in [0.2, 0.25) is 0 Å². The Hall–Kier alpha value is -3.26. The number of imidazole rings is 1. The van der Waals surface area contributed by atoms with Crippen molar-refractivity contribution >= 4 is 11.6 Å². The minimum Gasteiger partial charge on any atom is -0.490 e. The Labute approximate surface area is 194 Å². The minimum atomic E-state index is -0.0191. The van der Waals surface area contributed by atoms with E-state index in [1.54, 1.807) is 12.1 Å². The summed E-state index contributed by atoms with van der Waals surface area (Å²) < 4.78 is 19.4. The standard InChI is InChI=1S/C25H32N4O4/c1-4-31-21-15-19(16-22(32-5-2)24(21)33-6-3)25(30)28-13-11-27(12-14-28)18-20-17-26-23-9-7-8-10-29(20)23/h7-10,15-17H,4-6,11-14,18H2,1-3H3. The van der Waals surface area contributed by atoms with Gasteiger partial charge in [-0.05, 0) is 45.0 Å². The fraction of sp³-hybridized carbons (Fsp3) is 0.440. The molecule has 176 valence electrons. The number of hydrogen-bond donors (Lipinski definition) is 0. The summed E-state index contributed by atoms with van der Waals surface area (Å²) in [7, 11) is 0. The monoisotopic (exact) mass is 452 g/mol. The van der Waals surface area contributed by atoms with Crippen molar-refractivity contribution in [2.45, 2.75) is 27.3 Å². The fourth-order valence-corrected chi connectivity index (χ4v) is 4.13. The predicted molar refractivity (Wildman–Crippen MR) is 126 cm³/mol. The number of nitrogens with zero attached hydrogens (tertiary/aromatic N) is 4. The van der Waals surface area contributed by atoms with Gasteiger partial charge in [0, 0.05) is 44.5 Å². The number of aromatic nitrogens is 2. The second-order valence-corrected chi connectivity index (χ2v) is 7.85. The highest BCUT2D eigenvalue weighted by Crippen LogP contribution is 2.39. The molecule has 8 heteroatoms. The van der Waals surface area contributed by atoms with E-state index in [0.717, 1.165) is 31.0 Å². The average molecular weight is 453 g/mol. The Morgan fingerprint density at radius 2 is 1.61 bits per heavy atom. The van der Waals surface area contributed by atoms with Crippen LogP contribution in [0.4, 0.5) is 0 Å². The molecule has 1 saturated heterocycles. The third-order valence-electron chi connectivity index (χ3n) is 5.69. The zero-order valence-corrected chi connectivity index (χ0v) is 19.6. The van der Waals surface area contributed by atoms with Gasteiger partial charge in [0.25, 0.3) is 5.91 Å². The molecule has 3 aromatic rings. The minimum absolute atomic E-state index is 0.0191. The zero-order valence-electron chi connectivity index (χ0n) is 19.6. The van der Waals surface area contributed by atoms with Gasteiger partial charge in [-0.25, -0.2) is 4.98 Å². The quantitative estimate of drug-likeness (QED) is 0.495. The fourth-order valence-electron chi connectivity index (χ4n) is 4.13. The van der Waals surface area contributed by atoms with Crippen molar-refractivity contribution in [3.63, 3.8) is 0 Å². The molecule has 0 spiro atoms. The Balaban J connectivity index is 1.45. The summed E-state index contributed by atoms with van der Waals surface area (Å²) in [6.07, 6.45) is 3.96. The van der Waals surface area contributed by atoms with Crippen LogP contribution in [0.3, 0.4) is 0 Å². The molecular weight excluding hydrogens is 420 g/mol. The Morgan fingerprint density at radius 1 is 0.939 bits per heavy atom. The molecule has 0 radical (unpaired) electrons. The summed E-state index contributed by atoms with van der Waals surface area (Å²) in [6.45, 7) is 10.9. The van der Waals surface area contributed by atoms with Crippen LogP contribution in [0.1, 0.15) is 36.8 Å². The molecule has 1 aliphatic rings. The number of carbonyl (C=O) groups excluding carboxylic acids is 1. The van der Waals surface area contributed by atoms with E-state index in [0.29, 0.717) is 55.7 Å². The number of hydrogen-bond acceptors (Lipinski definition) is 6. The molecule has 4 rings (SSSR count). The van der Waals surface area contributed by atoms with Crippen LogP contribution in [0.25, 0.3) is 5.65 Å². The number of carbonyl (C=O) groups is 1. The van der Waals surface area contributed by atoms with Crippen LogP contribution in [0.5, 0.6) is 17.2 Å². The van der Waals surface area contributed by atoms with Crippen molar-refractivity contribution in [2.24, 2.45) is 0 Å². The van der Waals surface area contributed by atoms with Crippen molar-refractivity contribution in [2.75, 3.05) is 46.0 Å². The molecule has 0 bridgehead atoms. The lowest BCUT2D eigenvalue weighted by atomic mass is 10.1. The number of amides is 1. The largest absolute Gasteiger partial charge is 0.490 e. The average Bonchev–Trinajstić information content (AvgIpc) is 3.24. The van der Waals surface area contributed by atoms with Crippen LogP contribution in [-0.2, 0) is 6.54 Å². The predicted octanol–water partition coefficient (Wildman–Crippen LogP) is 3.49. The van der Waals surface area contributed by atoms with Crippen molar-refractivity contribution in [1.82, 2.24) is 19.2 Å². The van der Waals surface area contributed by atoms with Crippen LogP contribution >= 0.6 is 0 Å². The van der Waals surface area contributed by atoms with Gasteiger partial charge in [-0.15, -0.1) is 0 Å².